The number of carbonyl (C=O) groups is 2. The highest BCUT2D eigenvalue weighted by molar-refractivity contribution is 6.35. The summed E-state index contributed by atoms with van der Waals surface area (Å²) < 4.78 is 0. The number of carbonyl (C=O) groups excluding carboxylic acids is 2. The van der Waals surface area contributed by atoms with Crippen LogP contribution in [-0.4, -0.2) is 53.8 Å². The predicted octanol–water partition coefficient (Wildman–Crippen LogP) is 0.754. The number of aryl methyl sites for hydroxylation is 3. The third-order valence-corrected chi connectivity index (χ3v) is 4.87. The van der Waals surface area contributed by atoms with Crippen molar-refractivity contribution >= 4 is 11.8 Å². The number of piperazine rings is 2. The molecule has 2 aliphatic heterocycles. The van der Waals surface area contributed by atoms with E-state index in [1.165, 1.54) is 22.3 Å². The Labute approximate surface area is 131 Å². The lowest BCUT2D eigenvalue weighted by atomic mass is 9.99. The van der Waals surface area contributed by atoms with Gasteiger partial charge in [-0.25, -0.2) is 0 Å². The van der Waals surface area contributed by atoms with Crippen LogP contribution >= 0.6 is 0 Å². The molecule has 0 aliphatic carbocycles. The van der Waals surface area contributed by atoms with Crippen LogP contribution in [0.1, 0.15) is 22.3 Å². The molecule has 1 atom stereocenters. The fraction of sp³-hybridized carbons (Fsp3) is 0.529. The van der Waals surface area contributed by atoms with Gasteiger partial charge in [0.05, 0.1) is 6.04 Å². The van der Waals surface area contributed by atoms with E-state index in [9.17, 15) is 9.59 Å². The fourth-order valence-corrected chi connectivity index (χ4v) is 3.35. The Morgan fingerprint density at radius 1 is 1.09 bits per heavy atom. The van der Waals surface area contributed by atoms with Crippen molar-refractivity contribution in [2.75, 3.05) is 26.2 Å². The van der Waals surface area contributed by atoms with Crippen molar-refractivity contribution < 1.29 is 9.59 Å². The number of nitrogens with zero attached hydrogens (tertiary/aromatic N) is 2. The minimum atomic E-state index is -0.463. The van der Waals surface area contributed by atoms with Gasteiger partial charge in [0, 0.05) is 32.7 Å². The van der Waals surface area contributed by atoms with E-state index in [1.54, 1.807) is 4.90 Å². The van der Waals surface area contributed by atoms with Crippen LogP contribution in [0.5, 0.6) is 0 Å². The molecule has 3 rings (SSSR count). The Hall–Kier alpha value is -1.88. The monoisotopic (exact) mass is 301 g/mol. The van der Waals surface area contributed by atoms with Crippen molar-refractivity contribution in [2.45, 2.75) is 33.4 Å². The molecule has 1 N–H and O–H groups in total. The number of fused-ring (bicyclic) bond motifs is 1. The molecular formula is C17H23N3O2. The van der Waals surface area contributed by atoms with E-state index in [1.807, 2.05) is 0 Å². The van der Waals surface area contributed by atoms with Gasteiger partial charge in [0.15, 0.2) is 0 Å². The molecule has 5 nitrogen and oxygen atoms in total. The first-order valence-electron chi connectivity index (χ1n) is 7.83. The van der Waals surface area contributed by atoms with Crippen LogP contribution in [0, 0.1) is 20.8 Å². The van der Waals surface area contributed by atoms with Crippen molar-refractivity contribution in [2.24, 2.45) is 0 Å². The SMILES string of the molecule is Cc1cc(C)c(CN2CCN3C(=O)C(=O)NC[C@H]3C2)cc1C. The fourth-order valence-electron chi connectivity index (χ4n) is 3.35. The lowest BCUT2D eigenvalue weighted by molar-refractivity contribution is -0.152. The van der Waals surface area contributed by atoms with Crippen molar-refractivity contribution in [1.82, 2.24) is 15.1 Å². The Balaban J connectivity index is 1.70. The summed E-state index contributed by atoms with van der Waals surface area (Å²) in [6.07, 6.45) is 0. The molecule has 1 aromatic rings. The summed E-state index contributed by atoms with van der Waals surface area (Å²) in [7, 11) is 0. The molecule has 5 heteroatoms. The number of hydrogen-bond donors (Lipinski definition) is 1. The Bertz CT molecular complexity index is 627. The molecule has 0 radical (unpaired) electrons. The molecule has 2 saturated heterocycles. The molecule has 0 unspecified atom stereocenters. The van der Waals surface area contributed by atoms with Gasteiger partial charge in [-0.2, -0.15) is 0 Å². The second kappa shape index (κ2) is 5.72. The molecule has 2 heterocycles. The highest BCUT2D eigenvalue weighted by atomic mass is 16.2. The number of benzene rings is 1. The standard InChI is InChI=1S/C17H23N3O2/c1-11-6-13(3)14(7-12(11)2)9-19-4-5-20-15(10-19)8-18-16(21)17(20)22/h6-7,15H,4-5,8-10H2,1-3H3,(H,18,21)/t15-/m0/s1. The van der Waals surface area contributed by atoms with Gasteiger partial charge in [0.1, 0.15) is 0 Å². The minimum absolute atomic E-state index is 0.103. The van der Waals surface area contributed by atoms with E-state index in [4.69, 9.17) is 0 Å². The Kier molecular flexibility index (Phi) is 3.91. The predicted molar refractivity (Wildman–Crippen MR) is 84.4 cm³/mol. The van der Waals surface area contributed by atoms with Crippen molar-refractivity contribution in [3.8, 4) is 0 Å². The molecule has 2 fully saturated rings. The van der Waals surface area contributed by atoms with Gasteiger partial charge in [-0.05, 0) is 43.0 Å². The van der Waals surface area contributed by atoms with E-state index in [0.29, 0.717) is 13.1 Å². The van der Waals surface area contributed by atoms with Gasteiger partial charge in [0.25, 0.3) is 0 Å². The zero-order chi connectivity index (χ0) is 15.9. The third-order valence-electron chi connectivity index (χ3n) is 4.87. The largest absolute Gasteiger partial charge is 0.346 e. The summed E-state index contributed by atoms with van der Waals surface area (Å²) in [6.45, 7) is 10.2. The van der Waals surface area contributed by atoms with Crippen LogP contribution in [0.4, 0.5) is 0 Å². The highest BCUT2D eigenvalue weighted by Gasteiger charge is 2.37. The molecule has 2 amide bonds. The van der Waals surface area contributed by atoms with Gasteiger partial charge < -0.3 is 10.2 Å². The van der Waals surface area contributed by atoms with Crippen LogP contribution in [0.25, 0.3) is 0 Å². The first-order chi connectivity index (χ1) is 10.5. The van der Waals surface area contributed by atoms with Gasteiger partial charge in [-0.1, -0.05) is 12.1 Å². The van der Waals surface area contributed by atoms with E-state index in [-0.39, 0.29) is 11.9 Å². The van der Waals surface area contributed by atoms with Crippen LogP contribution in [0.3, 0.4) is 0 Å². The average molecular weight is 301 g/mol. The van der Waals surface area contributed by atoms with Gasteiger partial charge in [0.2, 0.25) is 0 Å². The maximum atomic E-state index is 11.9. The van der Waals surface area contributed by atoms with Crippen LogP contribution < -0.4 is 5.32 Å². The molecule has 0 spiro atoms. The summed E-state index contributed by atoms with van der Waals surface area (Å²) in [5.74, 6) is -0.840. The third kappa shape index (κ3) is 2.73. The van der Waals surface area contributed by atoms with Gasteiger partial charge in [-0.15, -0.1) is 0 Å². The summed E-state index contributed by atoms with van der Waals surface area (Å²) >= 11 is 0. The minimum Gasteiger partial charge on any atom is -0.346 e. The van der Waals surface area contributed by atoms with E-state index >= 15 is 0 Å². The van der Waals surface area contributed by atoms with E-state index < -0.39 is 5.91 Å². The molecule has 22 heavy (non-hydrogen) atoms. The van der Waals surface area contributed by atoms with Crippen molar-refractivity contribution in [1.29, 1.82) is 0 Å². The number of rotatable bonds is 2. The number of hydrogen-bond acceptors (Lipinski definition) is 3. The molecular weight excluding hydrogens is 278 g/mol. The van der Waals surface area contributed by atoms with Crippen LogP contribution in [0.15, 0.2) is 12.1 Å². The molecule has 2 aliphatic rings. The molecule has 1 aromatic carbocycles. The Morgan fingerprint density at radius 2 is 1.82 bits per heavy atom. The summed E-state index contributed by atoms with van der Waals surface area (Å²) in [5, 5.41) is 2.69. The maximum Gasteiger partial charge on any atom is 0.312 e. The number of amides is 2. The summed E-state index contributed by atoms with van der Waals surface area (Å²) in [5.41, 5.74) is 5.31. The maximum absolute atomic E-state index is 11.9. The second-order valence-electron chi connectivity index (χ2n) is 6.46. The topological polar surface area (TPSA) is 52.7 Å². The summed E-state index contributed by atoms with van der Waals surface area (Å²) in [4.78, 5) is 27.4. The smallest absolute Gasteiger partial charge is 0.312 e. The first kappa shape index (κ1) is 15.0. The highest BCUT2D eigenvalue weighted by Crippen LogP contribution is 2.20. The van der Waals surface area contributed by atoms with Gasteiger partial charge in [-0.3, -0.25) is 14.5 Å². The first-order valence-corrected chi connectivity index (χ1v) is 7.83. The zero-order valence-electron chi connectivity index (χ0n) is 13.5. The average Bonchev–Trinajstić information content (AvgIpc) is 2.49. The summed E-state index contributed by atoms with van der Waals surface area (Å²) in [6, 6.07) is 4.61. The van der Waals surface area contributed by atoms with Crippen molar-refractivity contribution in [3.05, 3.63) is 34.4 Å². The quantitative estimate of drug-likeness (QED) is 0.820. The van der Waals surface area contributed by atoms with E-state index in [2.05, 4.69) is 43.1 Å². The lowest BCUT2D eigenvalue weighted by Gasteiger charge is -2.43. The van der Waals surface area contributed by atoms with Crippen LogP contribution in [-0.2, 0) is 16.1 Å². The van der Waals surface area contributed by atoms with Gasteiger partial charge >= 0.3 is 11.8 Å². The Morgan fingerprint density at radius 3 is 2.59 bits per heavy atom. The van der Waals surface area contributed by atoms with Crippen LogP contribution in [0.2, 0.25) is 0 Å². The molecule has 118 valence electrons. The van der Waals surface area contributed by atoms with E-state index in [0.717, 1.165) is 19.6 Å². The normalized spacial score (nSPS) is 22.5. The molecule has 0 aromatic heterocycles. The van der Waals surface area contributed by atoms with Crippen molar-refractivity contribution in [3.63, 3.8) is 0 Å². The second-order valence-corrected chi connectivity index (χ2v) is 6.46. The molecule has 0 saturated carbocycles. The zero-order valence-corrected chi connectivity index (χ0v) is 13.5. The lowest BCUT2D eigenvalue weighted by Crippen LogP contribution is -2.65. The molecule has 0 bridgehead atoms. The number of nitrogens with one attached hydrogen (secondary N) is 1.